The number of methoxy groups -OCH3 is 1. The summed E-state index contributed by atoms with van der Waals surface area (Å²) in [5.41, 5.74) is 2.37. The molecule has 7 heteroatoms. The van der Waals surface area contributed by atoms with Crippen molar-refractivity contribution in [3.63, 3.8) is 0 Å². The third-order valence-electron chi connectivity index (χ3n) is 4.86. The van der Waals surface area contributed by atoms with Crippen molar-refractivity contribution in [2.75, 3.05) is 12.4 Å². The minimum atomic E-state index is -0.729. The fourth-order valence-corrected chi connectivity index (χ4v) is 4.86. The molecule has 0 radical (unpaired) electrons. The molecule has 5 nitrogen and oxygen atoms in total. The SMILES string of the molecule is COC(=O)c1c(NC(=O)C(C)Oc2ccc(Cl)cc2C)sc2c1CCCCC2. The molecule has 1 heterocycles. The van der Waals surface area contributed by atoms with Crippen LogP contribution in [0.5, 0.6) is 5.75 Å². The van der Waals surface area contributed by atoms with Crippen LogP contribution in [-0.4, -0.2) is 25.1 Å². The maximum atomic E-state index is 12.7. The molecule has 1 aliphatic rings. The standard InChI is InChI=1S/C21H24ClNO4S/c1-12-11-14(22)9-10-16(12)27-13(2)19(24)23-20-18(21(25)26-3)15-7-5-4-6-8-17(15)28-20/h9-11,13H,4-8H2,1-3H3,(H,23,24). The third-order valence-corrected chi connectivity index (χ3v) is 6.30. The number of hydrogen-bond donors (Lipinski definition) is 1. The molecule has 28 heavy (non-hydrogen) atoms. The smallest absolute Gasteiger partial charge is 0.341 e. The molecule has 0 aliphatic heterocycles. The zero-order chi connectivity index (χ0) is 20.3. The van der Waals surface area contributed by atoms with Gasteiger partial charge in [0.25, 0.3) is 5.91 Å². The minimum absolute atomic E-state index is 0.309. The molecule has 0 bridgehead atoms. The number of aryl methyl sites for hydroxylation is 2. The first-order valence-electron chi connectivity index (χ1n) is 9.37. The van der Waals surface area contributed by atoms with Crippen LogP contribution >= 0.6 is 22.9 Å². The number of carbonyl (C=O) groups excluding carboxylic acids is 2. The number of anilines is 1. The summed E-state index contributed by atoms with van der Waals surface area (Å²) in [5, 5.41) is 4.05. The molecule has 0 fully saturated rings. The molecule has 1 unspecified atom stereocenters. The average Bonchev–Trinajstić information content (AvgIpc) is 2.83. The monoisotopic (exact) mass is 421 g/mol. The molecule has 1 amide bonds. The van der Waals surface area contributed by atoms with Gasteiger partial charge in [-0.25, -0.2) is 4.79 Å². The lowest BCUT2D eigenvalue weighted by atomic mass is 10.1. The lowest BCUT2D eigenvalue weighted by molar-refractivity contribution is -0.122. The fourth-order valence-electron chi connectivity index (χ4n) is 3.35. The van der Waals surface area contributed by atoms with Crippen molar-refractivity contribution >= 4 is 39.8 Å². The van der Waals surface area contributed by atoms with E-state index in [-0.39, 0.29) is 5.91 Å². The van der Waals surface area contributed by atoms with E-state index < -0.39 is 12.1 Å². The van der Waals surface area contributed by atoms with E-state index in [0.29, 0.717) is 21.3 Å². The first-order valence-corrected chi connectivity index (χ1v) is 10.6. The lowest BCUT2D eigenvalue weighted by Crippen LogP contribution is -2.30. The van der Waals surface area contributed by atoms with Crippen LogP contribution in [0.25, 0.3) is 0 Å². The van der Waals surface area contributed by atoms with E-state index in [1.54, 1.807) is 25.1 Å². The van der Waals surface area contributed by atoms with E-state index in [2.05, 4.69) is 5.32 Å². The van der Waals surface area contributed by atoms with E-state index >= 15 is 0 Å². The number of amides is 1. The molecule has 1 aromatic heterocycles. The minimum Gasteiger partial charge on any atom is -0.481 e. The normalized spacial score (nSPS) is 14.6. The highest BCUT2D eigenvalue weighted by molar-refractivity contribution is 7.17. The van der Waals surface area contributed by atoms with E-state index in [9.17, 15) is 9.59 Å². The van der Waals surface area contributed by atoms with Gasteiger partial charge in [-0.15, -0.1) is 11.3 Å². The topological polar surface area (TPSA) is 64.6 Å². The van der Waals surface area contributed by atoms with Gasteiger partial charge in [-0.2, -0.15) is 0 Å². The maximum absolute atomic E-state index is 12.7. The van der Waals surface area contributed by atoms with Crippen LogP contribution in [0, 0.1) is 6.92 Å². The first kappa shape index (κ1) is 20.7. The number of rotatable bonds is 5. The average molecular weight is 422 g/mol. The van der Waals surface area contributed by atoms with Gasteiger partial charge in [0.05, 0.1) is 12.7 Å². The molecule has 1 atom stereocenters. The number of thiophene rings is 1. The number of esters is 1. The summed E-state index contributed by atoms with van der Waals surface area (Å²) in [6.45, 7) is 3.55. The van der Waals surface area contributed by atoms with Crippen LogP contribution in [-0.2, 0) is 22.4 Å². The van der Waals surface area contributed by atoms with Crippen molar-refractivity contribution in [2.45, 2.75) is 52.1 Å². The highest BCUT2D eigenvalue weighted by Gasteiger charge is 2.27. The lowest BCUT2D eigenvalue weighted by Gasteiger charge is -2.16. The summed E-state index contributed by atoms with van der Waals surface area (Å²) < 4.78 is 10.8. The van der Waals surface area contributed by atoms with Crippen molar-refractivity contribution in [3.05, 3.63) is 44.8 Å². The second-order valence-electron chi connectivity index (χ2n) is 6.92. The second kappa shape index (κ2) is 8.97. The maximum Gasteiger partial charge on any atom is 0.341 e. The quantitative estimate of drug-likeness (QED) is 0.534. The zero-order valence-electron chi connectivity index (χ0n) is 16.3. The molecule has 1 N–H and O–H groups in total. The Morgan fingerprint density at radius 1 is 1.21 bits per heavy atom. The number of carbonyl (C=O) groups is 2. The Kier molecular flexibility index (Phi) is 6.62. The second-order valence-corrected chi connectivity index (χ2v) is 8.46. The van der Waals surface area contributed by atoms with E-state index in [0.717, 1.165) is 48.1 Å². The van der Waals surface area contributed by atoms with E-state index in [1.807, 2.05) is 6.92 Å². The molecule has 1 aliphatic carbocycles. The van der Waals surface area contributed by atoms with Gasteiger partial charge < -0.3 is 14.8 Å². The van der Waals surface area contributed by atoms with Crippen molar-refractivity contribution < 1.29 is 19.1 Å². The Hall–Kier alpha value is -2.05. The van der Waals surface area contributed by atoms with Gasteiger partial charge in [-0.3, -0.25) is 4.79 Å². The van der Waals surface area contributed by atoms with Crippen LogP contribution in [0.4, 0.5) is 5.00 Å². The number of benzene rings is 1. The number of nitrogens with one attached hydrogen (secondary N) is 1. The highest BCUT2D eigenvalue weighted by Crippen LogP contribution is 2.38. The molecule has 2 aromatic rings. The molecular formula is C21H24ClNO4S. The van der Waals surface area contributed by atoms with Crippen LogP contribution in [0.3, 0.4) is 0 Å². The Balaban J connectivity index is 1.80. The Morgan fingerprint density at radius 2 is 1.96 bits per heavy atom. The number of fused-ring (bicyclic) bond motifs is 1. The first-order chi connectivity index (χ1) is 13.4. The molecule has 0 saturated carbocycles. The van der Waals surface area contributed by atoms with Gasteiger partial charge in [0.15, 0.2) is 6.10 Å². The summed E-state index contributed by atoms with van der Waals surface area (Å²) in [4.78, 5) is 26.3. The van der Waals surface area contributed by atoms with Crippen LogP contribution in [0.15, 0.2) is 18.2 Å². The van der Waals surface area contributed by atoms with Gasteiger partial charge in [-0.05, 0) is 68.9 Å². The van der Waals surface area contributed by atoms with Crippen LogP contribution in [0.1, 0.15) is 52.5 Å². The van der Waals surface area contributed by atoms with Crippen molar-refractivity contribution in [2.24, 2.45) is 0 Å². The van der Waals surface area contributed by atoms with Gasteiger partial charge in [0.1, 0.15) is 10.8 Å². The van der Waals surface area contributed by atoms with Gasteiger partial charge in [0, 0.05) is 9.90 Å². The van der Waals surface area contributed by atoms with Crippen LogP contribution < -0.4 is 10.1 Å². The van der Waals surface area contributed by atoms with Gasteiger partial charge in [0.2, 0.25) is 0 Å². The summed E-state index contributed by atoms with van der Waals surface area (Å²) >= 11 is 7.44. The summed E-state index contributed by atoms with van der Waals surface area (Å²) in [5.74, 6) is -0.116. The fraction of sp³-hybridized carbons (Fsp3) is 0.429. The Labute approximate surface area is 174 Å². The number of ether oxygens (including phenoxy) is 2. The van der Waals surface area contributed by atoms with Gasteiger partial charge >= 0.3 is 5.97 Å². The van der Waals surface area contributed by atoms with E-state index in [1.165, 1.54) is 18.4 Å². The highest BCUT2D eigenvalue weighted by atomic mass is 35.5. The molecule has 150 valence electrons. The molecule has 1 aromatic carbocycles. The molecule has 0 saturated heterocycles. The number of hydrogen-bond acceptors (Lipinski definition) is 5. The molecular weight excluding hydrogens is 398 g/mol. The third kappa shape index (κ3) is 4.50. The van der Waals surface area contributed by atoms with Gasteiger partial charge in [-0.1, -0.05) is 18.0 Å². The van der Waals surface area contributed by atoms with Crippen LogP contribution in [0.2, 0.25) is 5.02 Å². The predicted molar refractivity (Wildman–Crippen MR) is 112 cm³/mol. The molecule has 0 spiro atoms. The van der Waals surface area contributed by atoms with Crippen molar-refractivity contribution in [3.8, 4) is 5.75 Å². The summed E-state index contributed by atoms with van der Waals surface area (Å²) in [7, 11) is 1.36. The largest absolute Gasteiger partial charge is 0.481 e. The molecule has 3 rings (SSSR count). The van der Waals surface area contributed by atoms with Crippen molar-refractivity contribution in [1.82, 2.24) is 0 Å². The van der Waals surface area contributed by atoms with Crippen molar-refractivity contribution in [1.29, 1.82) is 0 Å². The van der Waals surface area contributed by atoms with E-state index in [4.69, 9.17) is 21.1 Å². The number of halogens is 1. The summed E-state index contributed by atoms with van der Waals surface area (Å²) in [6, 6.07) is 5.25. The summed E-state index contributed by atoms with van der Waals surface area (Å²) in [6.07, 6.45) is 4.31. The Bertz CT molecular complexity index is 893. The Morgan fingerprint density at radius 3 is 2.68 bits per heavy atom. The zero-order valence-corrected chi connectivity index (χ0v) is 17.8. The predicted octanol–water partition coefficient (Wildman–Crippen LogP) is 5.17.